The number of nitrogens with one attached hydrogen (secondary N) is 1. The van der Waals surface area contributed by atoms with Gasteiger partial charge in [-0.25, -0.2) is 0 Å². The lowest BCUT2D eigenvalue weighted by Crippen LogP contribution is -2.18. The summed E-state index contributed by atoms with van der Waals surface area (Å²) >= 11 is 0. The summed E-state index contributed by atoms with van der Waals surface area (Å²) in [5, 5.41) is 0. The van der Waals surface area contributed by atoms with E-state index in [9.17, 15) is 4.79 Å². The van der Waals surface area contributed by atoms with E-state index in [1.165, 1.54) is 7.11 Å². The Hall–Kier alpha value is -1.00. The summed E-state index contributed by atoms with van der Waals surface area (Å²) in [6.07, 6.45) is 0. The van der Waals surface area contributed by atoms with Crippen molar-refractivity contribution in [1.82, 2.24) is 4.98 Å². The molecule has 0 unspecified atom stereocenters. The van der Waals surface area contributed by atoms with Crippen LogP contribution in [0.2, 0.25) is 0 Å². The van der Waals surface area contributed by atoms with Crippen LogP contribution < -0.4 is 16.0 Å². The molecule has 1 aromatic heterocycles. The topological polar surface area (TPSA) is 68.1 Å². The second-order valence-electron chi connectivity index (χ2n) is 2.53. The molecular formula is C8H13ClN2O2. The zero-order valence-electron chi connectivity index (χ0n) is 7.59. The number of halogens is 1. The van der Waals surface area contributed by atoms with E-state index in [-0.39, 0.29) is 24.5 Å². The highest BCUT2D eigenvalue weighted by atomic mass is 35.5. The molecule has 1 heterocycles. The van der Waals surface area contributed by atoms with Crippen LogP contribution in [0.15, 0.2) is 10.9 Å². The number of hydrogen-bond acceptors (Lipinski definition) is 3. The molecule has 0 aromatic carbocycles. The van der Waals surface area contributed by atoms with Gasteiger partial charge >= 0.3 is 0 Å². The van der Waals surface area contributed by atoms with Gasteiger partial charge in [0, 0.05) is 12.2 Å². The molecule has 3 N–H and O–H groups in total. The fraction of sp³-hybridized carbons (Fsp3) is 0.375. The van der Waals surface area contributed by atoms with E-state index in [1.807, 2.05) is 0 Å². The number of aryl methyl sites for hydroxylation is 1. The van der Waals surface area contributed by atoms with Crippen molar-refractivity contribution in [3.05, 3.63) is 27.7 Å². The monoisotopic (exact) mass is 204 g/mol. The lowest BCUT2D eigenvalue weighted by molar-refractivity contribution is 0.408. The van der Waals surface area contributed by atoms with E-state index >= 15 is 0 Å². The quantitative estimate of drug-likeness (QED) is 0.740. The molecule has 0 amide bonds. The number of aromatic nitrogens is 1. The van der Waals surface area contributed by atoms with Crippen LogP contribution in [0, 0.1) is 6.92 Å². The number of pyridine rings is 1. The third-order valence-corrected chi connectivity index (χ3v) is 1.65. The Morgan fingerprint density at radius 1 is 1.62 bits per heavy atom. The fourth-order valence-electron chi connectivity index (χ4n) is 1.06. The number of ether oxygens (including phenoxy) is 1. The summed E-state index contributed by atoms with van der Waals surface area (Å²) in [6, 6.07) is 1.75. The van der Waals surface area contributed by atoms with Crippen LogP contribution >= 0.6 is 12.4 Å². The van der Waals surface area contributed by atoms with E-state index in [0.717, 1.165) is 5.69 Å². The molecule has 0 spiro atoms. The number of aromatic amines is 1. The van der Waals surface area contributed by atoms with Crippen LogP contribution in [0.4, 0.5) is 0 Å². The van der Waals surface area contributed by atoms with Crippen molar-refractivity contribution in [1.29, 1.82) is 0 Å². The van der Waals surface area contributed by atoms with Gasteiger partial charge in [-0.2, -0.15) is 0 Å². The number of methoxy groups -OCH3 is 1. The molecule has 0 aliphatic rings. The summed E-state index contributed by atoms with van der Waals surface area (Å²) < 4.78 is 5.00. The van der Waals surface area contributed by atoms with Gasteiger partial charge in [-0.15, -0.1) is 12.4 Å². The van der Waals surface area contributed by atoms with Crippen LogP contribution in [0.3, 0.4) is 0 Å². The van der Waals surface area contributed by atoms with Gasteiger partial charge in [0.05, 0.1) is 12.7 Å². The Morgan fingerprint density at radius 2 is 2.23 bits per heavy atom. The van der Waals surface area contributed by atoms with Gasteiger partial charge in [0.2, 0.25) is 0 Å². The molecule has 5 heteroatoms. The van der Waals surface area contributed by atoms with Gasteiger partial charge < -0.3 is 15.5 Å². The normalized spacial score (nSPS) is 9.15. The molecule has 0 bridgehead atoms. The van der Waals surface area contributed by atoms with Gasteiger partial charge in [0.1, 0.15) is 5.75 Å². The maximum Gasteiger partial charge on any atom is 0.256 e. The first-order valence-electron chi connectivity index (χ1n) is 3.66. The summed E-state index contributed by atoms with van der Waals surface area (Å²) in [4.78, 5) is 13.9. The molecule has 1 aromatic rings. The van der Waals surface area contributed by atoms with Gasteiger partial charge in [-0.1, -0.05) is 0 Å². The Balaban J connectivity index is 0.00000144. The van der Waals surface area contributed by atoms with Crippen molar-refractivity contribution in [2.24, 2.45) is 5.73 Å². The zero-order valence-corrected chi connectivity index (χ0v) is 8.40. The average Bonchev–Trinajstić information content (AvgIpc) is 2.03. The van der Waals surface area contributed by atoms with Crippen molar-refractivity contribution in [2.75, 3.05) is 7.11 Å². The number of H-pyrrole nitrogens is 1. The summed E-state index contributed by atoms with van der Waals surface area (Å²) in [5.41, 5.74) is 6.47. The van der Waals surface area contributed by atoms with E-state index < -0.39 is 0 Å². The predicted molar refractivity (Wildman–Crippen MR) is 53.5 cm³/mol. The van der Waals surface area contributed by atoms with Gasteiger partial charge in [-0.05, 0) is 13.0 Å². The van der Waals surface area contributed by atoms with Crippen molar-refractivity contribution >= 4 is 12.4 Å². The average molecular weight is 205 g/mol. The Morgan fingerprint density at radius 3 is 2.69 bits per heavy atom. The molecule has 0 aliphatic heterocycles. The molecule has 0 radical (unpaired) electrons. The second-order valence-corrected chi connectivity index (χ2v) is 2.53. The highest BCUT2D eigenvalue weighted by Gasteiger charge is 2.05. The molecule has 0 fully saturated rings. The van der Waals surface area contributed by atoms with Crippen LogP contribution in [-0.2, 0) is 6.54 Å². The first-order chi connectivity index (χ1) is 5.69. The minimum absolute atomic E-state index is 0. The molecule has 0 saturated carbocycles. The Labute approximate surface area is 82.5 Å². The smallest absolute Gasteiger partial charge is 0.256 e. The maximum absolute atomic E-state index is 11.2. The van der Waals surface area contributed by atoms with Crippen molar-refractivity contribution < 1.29 is 4.74 Å². The highest BCUT2D eigenvalue weighted by Crippen LogP contribution is 2.13. The van der Waals surface area contributed by atoms with Gasteiger partial charge in [0.15, 0.2) is 0 Å². The lowest BCUT2D eigenvalue weighted by atomic mass is 10.2. The standard InChI is InChI=1S/C8H12N2O2.ClH/c1-5-3-7(12-2)6(4-9)8(11)10-5;/h3H,4,9H2,1-2H3,(H,10,11);1H. The van der Waals surface area contributed by atoms with E-state index in [4.69, 9.17) is 10.5 Å². The molecule has 0 saturated heterocycles. The zero-order chi connectivity index (χ0) is 9.14. The highest BCUT2D eigenvalue weighted by molar-refractivity contribution is 5.85. The van der Waals surface area contributed by atoms with E-state index in [0.29, 0.717) is 11.3 Å². The molecular weight excluding hydrogens is 192 g/mol. The maximum atomic E-state index is 11.2. The minimum atomic E-state index is -0.172. The van der Waals surface area contributed by atoms with Gasteiger partial charge in [-0.3, -0.25) is 4.79 Å². The van der Waals surface area contributed by atoms with Crippen molar-refractivity contribution in [3.8, 4) is 5.75 Å². The summed E-state index contributed by atoms with van der Waals surface area (Å²) in [5.74, 6) is 0.554. The Bertz CT molecular complexity index is 335. The number of nitrogens with two attached hydrogens (primary N) is 1. The first kappa shape index (κ1) is 12.0. The van der Waals surface area contributed by atoms with Crippen LogP contribution in [-0.4, -0.2) is 12.1 Å². The second kappa shape index (κ2) is 4.89. The minimum Gasteiger partial charge on any atom is -0.496 e. The fourth-order valence-corrected chi connectivity index (χ4v) is 1.06. The molecule has 1 rings (SSSR count). The molecule has 0 atom stereocenters. The molecule has 13 heavy (non-hydrogen) atoms. The molecule has 74 valence electrons. The summed E-state index contributed by atoms with van der Waals surface area (Å²) in [6.45, 7) is 1.99. The number of hydrogen-bond donors (Lipinski definition) is 2. The van der Waals surface area contributed by atoms with Gasteiger partial charge in [0.25, 0.3) is 5.56 Å². The van der Waals surface area contributed by atoms with Crippen LogP contribution in [0.5, 0.6) is 5.75 Å². The summed E-state index contributed by atoms with van der Waals surface area (Å²) in [7, 11) is 1.52. The van der Waals surface area contributed by atoms with E-state index in [1.54, 1.807) is 13.0 Å². The number of rotatable bonds is 2. The van der Waals surface area contributed by atoms with Crippen molar-refractivity contribution in [2.45, 2.75) is 13.5 Å². The lowest BCUT2D eigenvalue weighted by Gasteiger charge is -2.05. The third-order valence-electron chi connectivity index (χ3n) is 1.65. The molecule has 4 nitrogen and oxygen atoms in total. The first-order valence-corrected chi connectivity index (χ1v) is 3.66. The Kier molecular flexibility index (Phi) is 4.51. The van der Waals surface area contributed by atoms with Crippen LogP contribution in [0.25, 0.3) is 0 Å². The predicted octanol–water partition coefficient (Wildman–Crippen LogP) is 0.572. The largest absolute Gasteiger partial charge is 0.496 e. The van der Waals surface area contributed by atoms with E-state index in [2.05, 4.69) is 4.98 Å². The van der Waals surface area contributed by atoms with Crippen LogP contribution in [0.1, 0.15) is 11.3 Å². The SMILES string of the molecule is COc1cc(C)[nH]c(=O)c1CN.Cl. The molecule has 0 aliphatic carbocycles. The third kappa shape index (κ3) is 2.47. The van der Waals surface area contributed by atoms with Crippen molar-refractivity contribution in [3.63, 3.8) is 0 Å².